The fraction of sp³-hybridized carbons (Fsp3) is 0.455. The van der Waals surface area contributed by atoms with E-state index in [-0.39, 0.29) is 13.2 Å². The van der Waals surface area contributed by atoms with Gasteiger partial charge in [0.05, 0.1) is 6.61 Å². The third-order valence-corrected chi connectivity index (χ3v) is 2.14. The van der Waals surface area contributed by atoms with Crippen LogP contribution in [0, 0.1) is 0 Å². The molecule has 1 fully saturated rings. The van der Waals surface area contributed by atoms with E-state index in [0.29, 0.717) is 0 Å². The van der Waals surface area contributed by atoms with E-state index in [1.165, 1.54) is 0 Å². The van der Waals surface area contributed by atoms with Gasteiger partial charge in [-0.05, 0) is 6.92 Å². The summed E-state index contributed by atoms with van der Waals surface area (Å²) in [5, 5.41) is 9.69. The molecule has 1 N–H and O–H groups in total. The lowest BCUT2D eigenvalue weighted by Crippen LogP contribution is -2.33. The van der Waals surface area contributed by atoms with Crippen molar-refractivity contribution in [3.8, 4) is 0 Å². The Morgan fingerprint density at radius 3 is 2.73 bits per heavy atom. The first kappa shape index (κ1) is 10.6. The van der Waals surface area contributed by atoms with Gasteiger partial charge >= 0.3 is 0 Å². The molecule has 0 amide bonds. The maximum Gasteiger partial charge on any atom is 0.217 e. The molecule has 2 unspecified atom stereocenters. The Balaban J connectivity index is 2.06. The van der Waals surface area contributed by atoms with Gasteiger partial charge in [-0.3, -0.25) is 0 Å². The first-order chi connectivity index (χ1) is 7.17. The van der Waals surface area contributed by atoms with Crippen LogP contribution in [-0.2, 0) is 14.5 Å². The smallest absolute Gasteiger partial charge is 0.217 e. The molecule has 15 heavy (non-hydrogen) atoms. The highest BCUT2D eigenvalue weighted by Gasteiger charge is 2.29. The van der Waals surface area contributed by atoms with Crippen molar-refractivity contribution in [2.24, 2.45) is 0 Å². The zero-order valence-corrected chi connectivity index (χ0v) is 8.55. The first-order valence-electron chi connectivity index (χ1n) is 4.85. The molecule has 4 heteroatoms. The molecule has 0 aromatic heterocycles. The summed E-state index contributed by atoms with van der Waals surface area (Å²) < 4.78 is 5.41. The third-order valence-electron chi connectivity index (χ3n) is 2.14. The molecule has 4 nitrogen and oxygen atoms in total. The Bertz CT molecular complexity index is 310. The molecule has 1 heterocycles. The molecule has 0 bridgehead atoms. The third kappa shape index (κ3) is 2.76. The van der Waals surface area contributed by atoms with Crippen LogP contribution in [0.3, 0.4) is 0 Å². The van der Waals surface area contributed by atoms with Gasteiger partial charge in [0.25, 0.3) is 0 Å². The standard InChI is InChI=1S/C11H14O4/c1-11(12)7-13-10(15-14-8-11)9-5-3-2-4-6-9/h2-6,10,12H,7-8H2,1H3. The quantitative estimate of drug-likeness (QED) is 0.712. The van der Waals surface area contributed by atoms with E-state index in [1.54, 1.807) is 6.92 Å². The summed E-state index contributed by atoms with van der Waals surface area (Å²) >= 11 is 0. The summed E-state index contributed by atoms with van der Waals surface area (Å²) in [6.07, 6.45) is -0.569. The van der Waals surface area contributed by atoms with E-state index in [2.05, 4.69) is 0 Å². The van der Waals surface area contributed by atoms with Gasteiger partial charge in [0.1, 0.15) is 12.2 Å². The van der Waals surface area contributed by atoms with Crippen molar-refractivity contribution < 1.29 is 19.6 Å². The number of hydrogen-bond donors (Lipinski definition) is 1. The van der Waals surface area contributed by atoms with Gasteiger partial charge in [-0.25, -0.2) is 4.89 Å². The lowest BCUT2D eigenvalue weighted by molar-refractivity contribution is -0.370. The van der Waals surface area contributed by atoms with Crippen LogP contribution in [0.1, 0.15) is 18.8 Å². The van der Waals surface area contributed by atoms with Crippen molar-refractivity contribution in [2.45, 2.75) is 18.8 Å². The molecule has 1 aliphatic rings. The Kier molecular flexibility index (Phi) is 3.02. The first-order valence-corrected chi connectivity index (χ1v) is 4.85. The number of aliphatic hydroxyl groups is 1. The van der Waals surface area contributed by atoms with E-state index >= 15 is 0 Å². The molecule has 0 radical (unpaired) electrons. The molecular formula is C11H14O4. The minimum atomic E-state index is -0.996. The fourth-order valence-corrected chi connectivity index (χ4v) is 1.31. The van der Waals surface area contributed by atoms with Crippen molar-refractivity contribution in [2.75, 3.05) is 13.2 Å². The number of hydrogen-bond acceptors (Lipinski definition) is 4. The average Bonchev–Trinajstić information content (AvgIpc) is 2.41. The van der Waals surface area contributed by atoms with Crippen molar-refractivity contribution in [3.63, 3.8) is 0 Å². The average molecular weight is 210 g/mol. The van der Waals surface area contributed by atoms with Gasteiger partial charge < -0.3 is 9.84 Å². The molecular weight excluding hydrogens is 196 g/mol. The maximum absolute atomic E-state index is 9.69. The Hall–Kier alpha value is -0.940. The van der Waals surface area contributed by atoms with Crippen LogP contribution in [-0.4, -0.2) is 23.9 Å². The summed E-state index contributed by atoms with van der Waals surface area (Å²) in [6, 6.07) is 9.47. The molecule has 2 atom stereocenters. The predicted octanol–water partition coefficient (Wildman–Crippen LogP) is 1.41. The zero-order chi connectivity index (χ0) is 10.7. The van der Waals surface area contributed by atoms with Gasteiger partial charge in [-0.15, -0.1) is 0 Å². The Labute approximate surface area is 88.3 Å². The van der Waals surface area contributed by atoms with Crippen LogP contribution in [0.2, 0.25) is 0 Å². The second kappa shape index (κ2) is 4.28. The highest BCUT2D eigenvalue weighted by Crippen LogP contribution is 2.24. The predicted molar refractivity (Wildman–Crippen MR) is 52.8 cm³/mol. The van der Waals surface area contributed by atoms with E-state index in [0.717, 1.165) is 5.56 Å². The maximum atomic E-state index is 9.69. The van der Waals surface area contributed by atoms with E-state index in [4.69, 9.17) is 14.5 Å². The van der Waals surface area contributed by atoms with E-state index in [9.17, 15) is 5.11 Å². The lowest BCUT2D eigenvalue weighted by Gasteiger charge is -2.17. The summed E-state index contributed by atoms with van der Waals surface area (Å²) in [5.41, 5.74) is -0.126. The second-order valence-corrected chi connectivity index (χ2v) is 3.91. The van der Waals surface area contributed by atoms with E-state index in [1.807, 2.05) is 30.3 Å². The number of benzene rings is 1. The molecule has 82 valence electrons. The monoisotopic (exact) mass is 210 g/mol. The molecule has 0 aliphatic carbocycles. The summed E-state index contributed by atoms with van der Waals surface area (Å²) in [5.74, 6) is 0. The van der Waals surface area contributed by atoms with Crippen LogP contribution in [0.15, 0.2) is 30.3 Å². The second-order valence-electron chi connectivity index (χ2n) is 3.91. The van der Waals surface area contributed by atoms with Gasteiger partial charge in [0.15, 0.2) is 0 Å². The molecule has 2 rings (SSSR count). The summed E-state index contributed by atoms with van der Waals surface area (Å²) in [7, 11) is 0. The highest BCUT2D eigenvalue weighted by molar-refractivity contribution is 5.15. The van der Waals surface area contributed by atoms with Crippen LogP contribution >= 0.6 is 0 Å². The SMILES string of the molecule is CC1(O)COOC(c2ccccc2)OC1. The van der Waals surface area contributed by atoms with Crippen LogP contribution in [0.25, 0.3) is 0 Å². The van der Waals surface area contributed by atoms with Crippen LogP contribution in [0.5, 0.6) is 0 Å². The Morgan fingerprint density at radius 1 is 1.27 bits per heavy atom. The minimum absolute atomic E-state index is 0.107. The molecule has 1 saturated heterocycles. The molecule has 1 aromatic carbocycles. The van der Waals surface area contributed by atoms with Gasteiger partial charge in [0.2, 0.25) is 6.29 Å². The van der Waals surface area contributed by atoms with Crippen LogP contribution in [0.4, 0.5) is 0 Å². The highest BCUT2D eigenvalue weighted by atomic mass is 17.2. The fourth-order valence-electron chi connectivity index (χ4n) is 1.31. The normalized spacial score (nSPS) is 32.3. The van der Waals surface area contributed by atoms with Gasteiger partial charge in [-0.2, -0.15) is 4.89 Å². The largest absolute Gasteiger partial charge is 0.385 e. The van der Waals surface area contributed by atoms with Crippen LogP contribution < -0.4 is 0 Å². The number of ether oxygens (including phenoxy) is 1. The molecule has 1 aliphatic heterocycles. The Morgan fingerprint density at radius 2 is 2.00 bits per heavy atom. The topological polar surface area (TPSA) is 47.9 Å². The van der Waals surface area contributed by atoms with Crippen molar-refractivity contribution in [1.82, 2.24) is 0 Å². The van der Waals surface area contributed by atoms with Crippen molar-refractivity contribution >= 4 is 0 Å². The summed E-state index contributed by atoms with van der Waals surface area (Å²) in [4.78, 5) is 9.94. The molecule has 0 spiro atoms. The van der Waals surface area contributed by atoms with Crippen molar-refractivity contribution in [3.05, 3.63) is 35.9 Å². The van der Waals surface area contributed by atoms with E-state index < -0.39 is 11.9 Å². The zero-order valence-electron chi connectivity index (χ0n) is 8.55. The van der Waals surface area contributed by atoms with Gasteiger partial charge in [-0.1, -0.05) is 30.3 Å². The molecule has 0 saturated carbocycles. The molecule has 1 aromatic rings. The lowest BCUT2D eigenvalue weighted by atomic mass is 10.1. The summed E-state index contributed by atoms with van der Waals surface area (Å²) in [6.45, 7) is 1.94. The van der Waals surface area contributed by atoms with Gasteiger partial charge in [0, 0.05) is 5.56 Å². The van der Waals surface area contributed by atoms with Crippen molar-refractivity contribution in [1.29, 1.82) is 0 Å². The number of rotatable bonds is 1. The minimum Gasteiger partial charge on any atom is -0.385 e.